The van der Waals surface area contributed by atoms with Gasteiger partial charge >= 0.3 is 0 Å². The highest BCUT2D eigenvalue weighted by molar-refractivity contribution is 5.92. The molecule has 0 saturated heterocycles. The molecule has 2 aromatic rings. The summed E-state index contributed by atoms with van der Waals surface area (Å²) < 4.78 is 0. The van der Waals surface area contributed by atoms with Gasteiger partial charge in [-0.1, -0.05) is 55.0 Å². The van der Waals surface area contributed by atoms with Gasteiger partial charge in [0.2, 0.25) is 5.91 Å². The van der Waals surface area contributed by atoms with Crippen molar-refractivity contribution in [1.29, 1.82) is 0 Å². The van der Waals surface area contributed by atoms with E-state index in [1.165, 1.54) is 11.1 Å². The Bertz CT molecular complexity index is 623. The summed E-state index contributed by atoms with van der Waals surface area (Å²) in [5, 5.41) is 6.17. The van der Waals surface area contributed by atoms with Crippen molar-refractivity contribution in [3.63, 3.8) is 0 Å². The van der Waals surface area contributed by atoms with Gasteiger partial charge in [0.05, 0.1) is 6.54 Å². The molecule has 3 nitrogen and oxygen atoms in total. The van der Waals surface area contributed by atoms with Gasteiger partial charge in [-0.05, 0) is 37.0 Å². The maximum Gasteiger partial charge on any atom is 0.238 e. The van der Waals surface area contributed by atoms with Crippen LogP contribution in [-0.2, 0) is 4.79 Å². The molecular formula is C19H24N2O. The van der Waals surface area contributed by atoms with E-state index in [4.69, 9.17) is 0 Å². The van der Waals surface area contributed by atoms with Crippen LogP contribution in [0.2, 0.25) is 0 Å². The monoisotopic (exact) mass is 296 g/mol. The van der Waals surface area contributed by atoms with Crippen molar-refractivity contribution < 1.29 is 4.79 Å². The first-order valence-electron chi connectivity index (χ1n) is 7.69. The maximum absolute atomic E-state index is 12.0. The van der Waals surface area contributed by atoms with E-state index in [1.807, 2.05) is 44.2 Å². The van der Waals surface area contributed by atoms with Gasteiger partial charge in [-0.15, -0.1) is 0 Å². The number of hydrogen-bond acceptors (Lipinski definition) is 2. The van der Waals surface area contributed by atoms with Gasteiger partial charge < -0.3 is 10.6 Å². The van der Waals surface area contributed by atoms with Crippen LogP contribution in [0.1, 0.15) is 29.5 Å². The third kappa shape index (κ3) is 4.71. The fourth-order valence-corrected chi connectivity index (χ4v) is 2.45. The molecular weight excluding hydrogens is 272 g/mol. The average Bonchev–Trinajstić information content (AvgIpc) is 2.51. The van der Waals surface area contributed by atoms with Gasteiger partial charge in [-0.25, -0.2) is 0 Å². The highest BCUT2D eigenvalue weighted by Gasteiger charge is 2.07. The number of carbonyl (C=O) groups excluding carboxylic acids is 1. The minimum atomic E-state index is -0.00721. The van der Waals surface area contributed by atoms with Crippen molar-refractivity contribution in [2.24, 2.45) is 0 Å². The molecule has 0 bridgehead atoms. The molecule has 0 unspecified atom stereocenters. The Morgan fingerprint density at radius 1 is 1.09 bits per heavy atom. The van der Waals surface area contributed by atoms with E-state index in [2.05, 4.69) is 35.8 Å². The first kappa shape index (κ1) is 16.2. The van der Waals surface area contributed by atoms with Gasteiger partial charge in [0, 0.05) is 12.2 Å². The zero-order valence-corrected chi connectivity index (χ0v) is 13.5. The Balaban J connectivity index is 1.78. The van der Waals surface area contributed by atoms with Crippen molar-refractivity contribution in [3.8, 4) is 0 Å². The molecule has 116 valence electrons. The van der Waals surface area contributed by atoms with Crippen LogP contribution in [-0.4, -0.2) is 19.0 Å². The number of benzene rings is 2. The van der Waals surface area contributed by atoms with E-state index in [1.54, 1.807) is 0 Å². The first-order chi connectivity index (χ1) is 10.6. The van der Waals surface area contributed by atoms with Gasteiger partial charge in [-0.3, -0.25) is 4.79 Å². The summed E-state index contributed by atoms with van der Waals surface area (Å²) in [6.07, 6.45) is 0. The molecule has 0 aromatic heterocycles. The average molecular weight is 296 g/mol. The topological polar surface area (TPSA) is 41.1 Å². The van der Waals surface area contributed by atoms with E-state index in [-0.39, 0.29) is 5.91 Å². The summed E-state index contributed by atoms with van der Waals surface area (Å²) in [6, 6.07) is 16.4. The van der Waals surface area contributed by atoms with Gasteiger partial charge in [0.15, 0.2) is 0 Å². The molecule has 1 atom stereocenters. The fraction of sp³-hybridized carbons (Fsp3) is 0.316. The summed E-state index contributed by atoms with van der Waals surface area (Å²) >= 11 is 0. The zero-order valence-electron chi connectivity index (χ0n) is 13.5. The lowest BCUT2D eigenvalue weighted by atomic mass is 10.0. The lowest BCUT2D eigenvalue weighted by Crippen LogP contribution is -2.30. The second-order valence-corrected chi connectivity index (χ2v) is 5.81. The highest BCUT2D eigenvalue weighted by Crippen LogP contribution is 2.16. The normalized spacial score (nSPS) is 12.0. The van der Waals surface area contributed by atoms with Crippen molar-refractivity contribution >= 4 is 11.6 Å². The van der Waals surface area contributed by atoms with Crippen molar-refractivity contribution in [1.82, 2.24) is 5.32 Å². The zero-order chi connectivity index (χ0) is 15.9. The summed E-state index contributed by atoms with van der Waals surface area (Å²) in [7, 11) is 0. The first-order valence-corrected chi connectivity index (χ1v) is 7.69. The van der Waals surface area contributed by atoms with Crippen LogP contribution >= 0.6 is 0 Å². The van der Waals surface area contributed by atoms with Crippen LogP contribution in [0.3, 0.4) is 0 Å². The van der Waals surface area contributed by atoms with E-state index in [9.17, 15) is 4.79 Å². The molecule has 0 aliphatic heterocycles. The predicted octanol–water partition coefficient (Wildman–Crippen LogP) is 3.64. The molecule has 0 aliphatic rings. The molecule has 0 saturated carbocycles. The minimum Gasteiger partial charge on any atom is -0.325 e. The standard InChI is InChI=1S/C19H24N2O/c1-14-9-10-18(15(2)11-14)21-19(22)13-20-12-16(3)17-7-5-4-6-8-17/h4-11,16,20H,12-13H2,1-3H3,(H,21,22)/t16-/m1/s1. The predicted molar refractivity (Wildman–Crippen MR) is 92.3 cm³/mol. The highest BCUT2D eigenvalue weighted by atomic mass is 16.1. The summed E-state index contributed by atoms with van der Waals surface area (Å²) in [5.41, 5.74) is 4.45. The lowest BCUT2D eigenvalue weighted by Gasteiger charge is -2.13. The van der Waals surface area contributed by atoms with E-state index < -0.39 is 0 Å². The van der Waals surface area contributed by atoms with Gasteiger partial charge in [0.25, 0.3) is 0 Å². The Morgan fingerprint density at radius 3 is 2.50 bits per heavy atom. The van der Waals surface area contributed by atoms with Crippen molar-refractivity contribution in [2.45, 2.75) is 26.7 Å². The quantitative estimate of drug-likeness (QED) is 0.854. The number of anilines is 1. The van der Waals surface area contributed by atoms with Gasteiger partial charge in [0.1, 0.15) is 0 Å². The largest absolute Gasteiger partial charge is 0.325 e. The van der Waals surface area contributed by atoms with E-state index in [0.29, 0.717) is 12.5 Å². The second-order valence-electron chi connectivity index (χ2n) is 5.81. The number of hydrogen-bond donors (Lipinski definition) is 2. The molecule has 3 heteroatoms. The Morgan fingerprint density at radius 2 is 1.82 bits per heavy atom. The Kier molecular flexibility index (Phi) is 5.73. The molecule has 0 aliphatic carbocycles. The van der Waals surface area contributed by atoms with E-state index >= 15 is 0 Å². The number of nitrogens with one attached hydrogen (secondary N) is 2. The summed E-state index contributed by atoms with van der Waals surface area (Å²) in [4.78, 5) is 12.0. The smallest absolute Gasteiger partial charge is 0.238 e. The second kappa shape index (κ2) is 7.76. The molecule has 2 aromatic carbocycles. The summed E-state index contributed by atoms with van der Waals surface area (Å²) in [6.45, 7) is 7.32. The number of aryl methyl sites for hydroxylation is 2. The lowest BCUT2D eigenvalue weighted by molar-refractivity contribution is -0.115. The Hall–Kier alpha value is -2.13. The number of amides is 1. The molecule has 0 spiro atoms. The SMILES string of the molecule is Cc1ccc(NC(=O)CNC[C@@H](C)c2ccccc2)c(C)c1. The van der Waals surface area contributed by atoms with Crippen LogP contribution in [0, 0.1) is 13.8 Å². The molecule has 22 heavy (non-hydrogen) atoms. The Labute approximate surface area is 132 Å². The van der Waals surface area contributed by atoms with Crippen LogP contribution < -0.4 is 10.6 Å². The molecule has 2 rings (SSSR count). The fourth-order valence-electron chi connectivity index (χ4n) is 2.45. The third-order valence-corrected chi connectivity index (χ3v) is 3.76. The van der Waals surface area contributed by atoms with Crippen molar-refractivity contribution in [3.05, 3.63) is 65.2 Å². The van der Waals surface area contributed by atoms with Crippen molar-refractivity contribution in [2.75, 3.05) is 18.4 Å². The summed E-state index contributed by atoms with van der Waals surface area (Å²) in [5.74, 6) is 0.377. The number of rotatable bonds is 6. The van der Waals surface area contributed by atoms with Crippen LogP contribution in [0.15, 0.2) is 48.5 Å². The van der Waals surface area contributed by atoms with Gasteiger partial charge in [-0.2, -0.15) is 0 Å². The minimum absolute atomic E-state index is 0.00721. The number of carbonyl (C=O) groups is 1. The van der Waals surface area contributed by atoms with Crippen LogP contribution in [0.5, 0.6) is 0 Å². The third-order valence-electron chi connectivity index (χ3n) is 3.76. The molecule has 0 radical (unpaired) electrons. The molecule has 1 amide bonds. The molecule has 0 fully saturated rings. The molecule has 0 heterocycles. The van der Waals surface area contributed by atoms with E-state index in [0.717, 1.165) is 17.8 Å². The molecule has 2 N–H and O–H groups in total. The maximum atomic E-state index is 12.0. The van der Waals surface area contributed by atoms with Crippen LogP contribution in [0.4, 0.5) is 5.69 Å². The van der Waals surface area contributed by atoms with Crippen LogP contribution in [0.25, 0.3) is 0 Å².